The van der Waals surface area contributed by atoms with Crippen LogP contribution < -0.4 is 5.56 Å². The molecule has 3 rings (SSSR count). The molecule has 0 radical (unpaired) electrons. The van der Waals surface area contributed by atoms with E-state index in [1.807, 2.05) is 51.1 Å². The van der Waals surface area contributed by atoms with E-state index in [-0.39, 0.29) is 17.6 Å². The second kappa shape index (κ2) is 7.70. The van der Waals surface area contributed by atoms with E-state index in [2.05, 4.69) is 5.10 Å². The van der Waals surface area contributed by atoms with Crippen molar-refractivity contribution in [3.63, 3.8) is 0 Å². The zero-order chi connectivity index (χ0) is 19.6. The minimum atomic E-state index is -0.460. The molecule has 6 nitrogen and oxygen atoms in total. The van der Waals surface area contributed by atoms with E-state index in [9.17, 15) is 9.59 Å². The fraction of sp³-hybridized carbons (Fsp3) is 0.333. The number of hydrogen-bond donors (Lipinski definition) is 0. The number of carbonyl (C=O) groups is 1. The molecule has 0 amide bonds. The Hall–Kier alpha value is -3.02. The molecule has 1 aliphatic heterocycles. The normalized spacial score (nSPS) is 17.1. The first-order valence-electron chi connectivity index (χ1n) is 8.94. The van der Waals surface area contributed by atoms with Gasteiger partial charge in [-0.1, -0.05) is 30.3 Å². The number of aliphatic imine (C=N–C) groups is 1. The molecule has 1 aliphatic rings. The summed E-state index contributed by atoms with van der Waals surface area (Å²) in [6, 6.07) is 12.9. The highest BCUT2D eigenvalue weighted by Crippen LogP contribution is 2.36. The molecule has 0 bridgehead atoms. The maximum absolute atomic E-state index is 12.2. The Morgan fingerprint density at radius 3 is 2.52 bits per heavy atom. The number of methoxy groups -OCH3 is 1. The van der Waals surface area contributed by atoms with Crippen molar-refractivity contribution >= 4 is 23.0 Å². The predicted octanol–water partition coefficient (Wildman–Crippen LogP) is 3.35. The third-order valence-electron chi connectivity index (χ3n) is 4.64. The van der Waals surface area contributed by atoms with Crippen LogP contribution in [0.5, 0.6) is 0 Å². The number of carbonyl (C=O) groups excluding carboxylic acids is 1. The molecule has 1 aromatic heterocycles. The number of rotatable bonds is 4. The Morgan fingerprint density at radius 1 is 1.19 bits per heavy atom. The van der Waals surface area contributed by atoms with Gasteiger partial charge >= 0.3 is 5.97 Å². The molecular weight excluding hydrogens is 342 g/mol. The van der Waals surface area contributed by atoms with Gasteiger partial charge in [0, 0.05) is 22.9 Å². The molecular formula is C21H23N3O3. The molecule has 6 heteroatoms. The lowest BCUT2D eigenvalue weighted by molar-refractivity contribution is -0.142. The van der Waals surface area contributed by atoms with Crippen molar-refractivity contribution in [1.82, 2.24) is 9.78 Å². The topological polar surface area (TPSA) is 73.6 Å². The largest absolute Gasteiger partial charge is 0.469 e. The monoisotopic (exact) mass is 365 g/mol. The predicted molar refractivity (Wildman–Crippen MR) is 105 cm³/mol. The molecule has 1 atom stereocenters. The lowest BCUT2D eigenvalue weighted by atomic mass is 9.87. The molecule has 0 saturated heterocycles. The smallest absolute Gasteiger partial charge is 0.314 e. The second-order valence-corrected chi connectivity index (χ2v) is 6.82. The van der Waals surface area contributed by atoms with Gasteiger partial charge in [-0.3, -0.25) is 14.6 Å². The van der Waals surface area contributed by atoms with Gasteiger partial charge in [0.1, 0.15) is 0 Å². The van der Waals surface area contributed by atoms with Gasteiger partial charge in [0.05, 0.1) is 30.5 Å². The van der Waals surface area contributed by atoms with Crippen LogP contribution in [-0.2, 0) is 9.53 Å². The Labute approximate surface area is 158 Å². The molecule has 0 aliphatic carbocycles. The summed E-state index contributed by atoms with van der Waals surface area (Å²) in [5, 5.41) is 4.54. The Kier molecular flexibility index (Phi) is 5.35. The molecule has 0 N–H and O–H groups in total. The molecule has 140 valence electrons. The number of nitrogens with zero attached hydrogens (tertiary/aromatic N) is 3. The number of aromatic nitrogens is 2. The lowest BCUT2D eigenvalue weighted by Gasteiger charge is -2.24. The van der Waals surface area contributed by atoms with Crippen molar-refractivity contribution < 1.29 is 9.53 Å². The van der Waals surface area contributed by atoms with Gasteiger partial charge in [-0.25, -0.2) is 4.68 Å². The molecule has 1 unspecified atom stereocenters. The summed E-state index contributed by atoms with van der Waals surface area (Å²) in [6.07, 6.45) is 0.426. The summed E-state index contributed by atoms with van der Waals surface area (Å²) < 4.78 is 6.40. The summed E-state index contributed by atoms with van der Waals surface area (Å²) >= 11 is 0. The molecule has 2 aromatic rings. The van der Waals surface area contributed by atoms with Crippen LogP contribution >= 0.6 is 0 Å². The minimum absolute atomic E-state index is 0.0662. The van der Waals surface area contributed by atoms with Gasteiger partial charge < -0.3 is 4.74 Å². The Bertz CT molecular complexity index is 972. The average molecular weight is 365 g/mol. The maximum atomic E-state index is 12.2. The highest BCUT2D eigenvalue weighted by molar-refractivity contribution is 6.09. The van der Waals surface area contributed by atoms with Crippen LogP contribution in [0.4, 0.5) is 0 Å². The summed E-state index contributed by atoms with van der Waals surface area (Å²) in [4.78, 5) is 29.1. The Balaban J connectivity index is 2.21. The number of ether oxygens (including phenoxy) is 1. The van der Waals surface area contributed by atoms with Gasteiger partial charge in [0.2, 0.25) is 0 Å². The van der Waals surface area contributed by atoms with E-state index in [0.29, 0.717) is 17.8 Å². The first-order valence-corrected chi connectivity index (χ1v) is 8.94. The summed E-state index contributed by atoms with van der Waals surface area (Å²) in [7, 11) is 1.38. The lowest BCUT2D eigenvalue weighted by Crippen LogP contribution is -2.28. The average Bonchev–Trinajstić information content (AvgIpc) is 2.68. The van der Waals surface area contributed by atoms with Crippen LogP contribution in [0.3, 0.4) is 0 Å². The van der Waals surface area contributed by atoms with Crippen molar-refractivity contribution in [2.45, 2.75) is 33.2 Å². The van der Waals surface area contributed by atoms with Crippen LogP contribution in [0.15, 0.2) is 52.3 Å². The molecule has 27 heavy (non-hydrogen) atoms. The van der Waals surface area contributed by atoms with Crippen molar-refractivity contribution in [2.24, 2.45) is 10.9 Å². The summed E-state index contributed by atoms with van der Waals surface area (Å²) in [5.74, 6) is -0.781. The van der Waals surface area contributed by atoms with E-state index in [1.54, 1.807) is 6.07 Å². The second-order valence-electron chi connectivity index (χ2n) is 6.82. The summed E-state index contributed by atoms with van der Waals surface area (Å²) in [6.45, 7) is 5.65. The standard InChI is InChI=1S/C21H23N3O3/c1-13(2)24-19(25)11-10-18(23-24)17-12-16(21(26)27-4)14(3)22-20(17)15-8-6-5-7-9-15/h5-11,13,16H,12H2,1-4H3. The number of hydrogen-bond acceptors (Lipinski definition) is 5. The van der Waals surface area contributed by atoms with Crippen molar-refractivity contribution in [3.8, 4) is 0 Å². The first-order chi connectivity index (χ1) is 12.9. The fourth-order valence-corrected chi connectivity index (χ4v) is 3.18. The van der Waals surface area contributed by atoms with Crippen molar-refractivity contribution in [3.05, 3.63) is 64.1 Å². The van der Waals surface area contributed by atoms with Crippen LogP contribution in [0, 0.1) is 5.92 Å². The molecule has 0 saturated carbocycles. The van der Waals surface area contributed by atoms with E-state index in [4.69, 9.17) is 9.73 Å². The zero-order valence-corrected chi connectivity index (χ0v) is 16.0. The number of benzene rings is 1. The number of allylic oxidation sites excluding steroid dienone is 1. The van der Waals surface area contributed by atoms with Crippen LogP contribution in [0.25, 0.3) is 11.3 Å². The fourth-order valence-electron chi connectivity index (χ4n) is 3.18. The van der Waals surface area contributed by atoms with Crippen LogP contribution in [0.2, 0.25) is 0 Å². The Morgan fingerprint density at radius 2 is 1.89 bits per heavy atom. The van der Waals surface area contributed by atoms with E-state index < -0.39 is 5.92 Å². The number of esters is 1. The highest BCUT2D eigenvalue weighted by Gasteiger charge is 2.31. The quantitative estimate of drug-likeness (QED) is 0.779. The van der Waals surface area contributed by atoms with Gasteiger partial charge in [0.15, 0.2) is 0 Å². The molecule has 2 heterocycles. The maximum Gasteiger partial charge on any atom is 0.314 e. The summed E-state index contributed by atoms with van der Waals surface area (Å²) in [5.41, 5.74) is 3.75. The zero-order valence-electron chi connectivity index (χ0n) is 16.0. The first kappa shape index (κ1) is 18.8. The van der Waals surface area contributed by atoms with Crippen molar-refractivity contribution in [2.75, 3.05) is 7.11 Å². The van der Waals surface area contributed by atoms with E-state index in [0.717, 1.165) is 16.8 Å². The third-order valence-corrected chi connectivity index (χ3v) is 4.64. The highest BCUT2D eigenvalue weighted by atomic mass is 16.5. The van der Waals surface area contributed by atoms with Gasteiger partial charge in [-0.05, 0) is 33.3 Å². The van der Waals surface area contributed by atoms with Gasteiger partial charge in [-0.2, -0.15) is 5.10 Å². The van der Waals surface area contributed by atoms with Gasteiger partial charge in [0.25, 0.3) is 5.56 Å². The molecule has 0 fully saturated rings. The van der Waals surface area contributed by atoms with E-state index >= 15 is 0 Å². The van der Waals surface area contributed by atoms with Crippen LogP contribution in [0.1, 0.15) is 44.5 Å². The minimum Gasteiger partial charge on any atom is -0.469 e. The molecule has 0 spiro atoms. The van der Waals surface area contributed by atoms with E-state index in [1.165, 1.54) is 17.9 Å². The van der Waals surface area contributed by atoms with Gasteiger partial charge in [-0.15, -0.1) is 0 Å². The molecule has 1 aromatic carbocycles. The van der Waals surface area contributed by atoms with Crippen molar-refractivity contribution in [1.29, 1.82) is 0 Å². The van der Waals surface area contributed by atoms with Crippen LogP contribution in [-0.4, -0.2) is 28.6 Å². The third kappa shape index (κ3) is 3.74. The SMILES string of the molecule is COC(=O)C1CC(c2ccc(=O)n(C(C)C)n2)=C(c2ccccc2)N=C1C.